The molecule has 114 valence electrons. The fourth-order valence-corrected chi connectivity index (χ4v) is 2.23. The zero-order valence-corrected chi connectivity index (χ0v) is 13.0. The van der Waals surface area contributed by atoms with Gasteiger partial charge < -0.3 is 10.1 Å². The van der Waals surface area contributed by atoms with Gasteiger partial charge in [-0.3, -0.25) is 4.90 Å². The van der Waals surface area contributed by atoms with Crippen LogP contribution in [0, 0.1) is 0 Å². The molecule has 21 heavy (non-hydrogen) atoms. The number of nitrogens with zero attached hydrogens (tertiary/aromatic N) is 1. The first kappa shape index (κ1) is 15.6. The van der Waals surface area contributed by atoms with Crippen LogP contribution in [0.2, 0.25) is 0 Å². The molecule has 0 aliphatic carbocycles. The molecule has 4 nitrogen and oxygen atoms in total. The monoisotopic (exact) mass is 288 g/mol. The number of benzene rings is 1. The van der Waals surface area contributed by atoms with Crippen molar-refractivity contribution < 1.29 is 9.53 Å². The number of rotatable bonds is 2. The first-order valence-electron chi connectivity index (χ1n) is 7.39. The van der Waals surface area contributed by atoms with Gasteiger partial charge in [0, 0.05) is 19.6 Å². The van der Waals surface area contributed by atoms with Crippen LogP contribution in [-0.4, -0.2) is 42.3 Å². The smallest absolute Gasteiger partial charge is 0.410 e. The highest BCUT2D eigenvalue weighted by atomic mass is 16.6. The highest BCUT2D eigenvalue weighted by Gasteiger charge is 2.28. The number of hydrogen-bond acceptors (Lipinski definition) is 3. The van der Waals surface area contributed by atoms with Crippen molar-refractivity contribution in [2.75, 3.05) is 19.6 Å². The highest BCUT2D eigenvalue weighted by molar-refractivity contribution is 5.69. The maximum absolute atomic E-state index is 12.3. The summed E-state index contributed by atoms with van der Waals surface area (Å²) in [6.07, 6.45) is 3.87. The summed E-state index contributed by atoms with van der Waals surface area (Å²) in [5, 5.41) is 3.32. The third kappa shape index (κ3) is 4.90. The Bertz CT molecular complexity index is 491. The lowest BCUT2D eigenvalue weighted by molar-refractivity contribution is 0.0168. The van der Waals surface area contributed by atoms with E-state index in [0.717, 1.165) is 18.7 Å². The second kappa shape index (κ2) is 6.76. The Morgan fingerprint density at radius 3 is 2.71 bits per heavy atom. The number of ether oxygens (including phenoxy) is 1. The van der Waals surface area contributed by atoms with Crippen molar-refractivity contribution >= 4 is 12.2 Å². The zero-order chi connectivity index (χ0) is 15.3. The molecule has 1 aromatic carbocycles. The SMILES string of the molecule is CC(C)(C)OC(=O)N1CCNCC1/C=C/c1ccccc1. The molecule has 1 fully saturated rings. The quantitative estimate of drug-likeness (QED) is 0.910. The van der Waals surface area contributed by atoms with Crippen LogP contribution in [0.5, 0.6) is 0 Å². The summed E-state index contributed by atoms with van der Waals surface area (Å²) in [7, 11) is 0. The normalized spacial score (nSPS) is 19.8. The average Bonchev–Trinajstić information content (AvgIpc) is 2.45. The van der Waals surface area contributed by atoms with E-state index in [1.165, 1.54) is 0 Å². The first-order valence-corrected chi connectivity index (χ1v) is 7.39. The Balaban J connectivity index is 2.05. The van der Waals surface area contributed by atoms with E-state index in [9.17, 15) is 4.79 Å². The number of carbonyl (C=O) groups is 1. The van der Waals surface area contributed by atoms with Gasteiger partial charge in [-0.25, -0.2) is 4.79 Å². The minimum Gasteiger partial charge on any atom is -0.444 e. The molecule has 0 saturated carbocycles. The van der Waals surface area contributed by atoms with E-state index in [2.05, 4.69) is 17.5 Å². The second-order valence-electron chi connectivity index (χ2n) is 6.22. The highest BCUT2D eigenvalue weighted by Crippen LogP contribution is 2.14. The molecule has 1 aliphatic heterocycles. The van der Waals surface area contributed by atoms with E-state index in [1.807, 2.05) is 51.1 Å². The summed E-state index contributed by atoms with van der Waals surface area (Å²) in [6, 6.07) is 10.1. The predicted molar refractivity (Wildman–Crippen MR) is 85.1 cm³/mol. The van der Waals surface area contributed by atoms with E-state index in [4.69, 9.17) is 4.74 Å². The molecule has 0 spiro atoms. The summed E-state index contributed by atoms with van der Waals surface area (Å²) in [6.45, 7) is 7.89. The van der Waals surface area contributed by atoms with Crippen molar-refractivity contribution in [1.82, 2.24) is 10.2 Å². The third-order valence-corrected chi connectivity index (χ3v) is 3.22. The van der Waals surface area contributed by atoms with Gasteiger partial charge in [0.15, 0.2) is 0 Å². The molecule has 4 heteroatoms. The third-order valence-electron chi connectivity index (χ3n) is 3.22. The largest absolute Gasteiger partial charge is 0.444 e. The molecule has 1 atom stereocenters. The molecule has 0 aromatic heterocycles. The van der Waals surface area contributed by atoms with Gasteiger partial charge in [0.1, 0.15) is 5.60 Å². The van der Waals surface area contributed by atoms with Gasteiger partial charge in [-0.15, -0.1) is 0 Å². The van der Waals surface area contributed by atoms with E-state index < -0.39 is 5.60 Å². The molecule has 0 radical (unpaired) electrons. The minimum atomic E-state index is -0.463. The van der Waals surface area contributed by atoms with Gasteiger partial charge in [-0.1, -0.05) is 42.5 Å². The zero-order valence-electron chi connectivity index (χ0n) is 13.0. The maximum atomic E-state index is 12.3. The second-order valence-corrected chi connectivity index (χ2v) is 6.22. The van der Waals surface area contributed by atoms with Gasteiger partial charge in [0.2, 0.25) is 0 Å². The van der Waals surface area contributed by atoms with Gasteiger partial charge in [0.05, 0.1) is 6.04 Å². The van der Waals surface area contributed by atoms with Crippen LogP contribution >= 0.6 is 0 Å². The lowest BCUT2D eigenvalue weighted by Crippen LogP contribution is -2.53. The van der Waals surface area contributed by atoms with Gasteiger partial charge in [-0.05, 0) is 26.3 Å². The van der Waals surface area contributed by atoms with Crippen LogP contribution in [0.25, 0.3) is 6.08 Å². The molecule has 1 aromatic rings. The number of nitrogens with one attached hydrogen (secondary N) is 1. The van der Waals surface area contributed by atoms with Crippen molar-refractivity contribution in [3.8, 4) is 0 Å². The van der Waals surface area contributed by atoms with Crippen LogP contribution in [0.15, 0.2) is 36.4 Å². The van der Waals surface area contributed by atoms with Crippen molar-refractivity contribution in [2.45, 2.75) is 32.4 Å². The Morgan fingerprint density at radius 1 is 1.33 bits per heavy atom. The summed E-state index contributed by atoms with van der Waals surface area (Å²) in [4.78, 5) is 14.1. The fourth-order valence-electron chi connectivity index (χ4n) is 2.23. The Morgan fingerprint density at radius 2 is 2.05 bits per heavy atom. The molecule has 2 rings (SSSR count). The van der Waals surface area contributed by atoms with Crippen LogP contribution in [0.4, 0.5) is 4.79 Å². The minimum absolute atomic E-state index is 0.0220. The van der Waals surface area contributed by atoms with E-state index in [0.29, 0.717) is 6.54 Å². The van der Waals surface area contributed by atoms with Crippen LogP contribution < -0.4 is 5.32 Å². The van der Waals surface area contributed by atoms with Crippen LogP contribution in [-0.2, 0) is 4.74 Å². The van der Waals surface area contributed by atoms with Gasteiger partial charge in [-0.2, -0.15) is 0 Å². The molecule has 1 heterocycles. The van der Waals surface area contributed by atoms with Gasteiger partial charge in [0.25, 0.3) is 0 Å². The lowest BCUT2D eigenvalue weighted by Gasteiger charge is -2.35. The van der Waals surface area contributed by atoms with Crippen molar-refractivity contribution in [2.24, 2.45) is 0 Å². The van der Waals surface area contributed by atoms with E-state index in [1.54, 1.807) is 4.90 Å². The number of carbonyl (C=O) groups excluding carboxylic acids is 1. The molecule has 1 saturated heterocycles. The Hall–Kier alpha value is -1.81. The van der Waals surface area contributed by atoms with Gasteiger partial charge >= 0.3 is 6.09 Å². The predicted octanol–water partition coefficient (Wildman–Crippen LogP) is 2.91. The first-order chi connectivity index (χ1) is 9.96. The van der Waals surface area contributed by atoms with Crippen molar-refractivity contribution in [1.29, 1.82) is 0 Å². The summed E-state index contributed by atoms with van der Waals surface area (Å²) in [5.74, 6) is 0. The number of piperazine rings is 1. The molecule has 1 amide bonds. The maximum Gasteiger partial charge on any atom is 0.410 e. The van der Waals surface area contributed by atoms with Crippen LogP contribution in [0.1, 0.15) is 26.3 Å². The number of amides is 1. The summed E-state index contributed by atoms with van der Waals surface area (Å²) < 4.78 is 5.48. The van der Waals surface area contributed by atoms with E-state index >= 15 is 0 Å². The standard InChI is InChI=1S/C17H24N2O2/c1-17(2,3)21-16(20)19-12-11-18-13-15(19)10-9-14-7-5-4-6-8-14/h4-10,15,18H,11-13H2,1-3H3/b10-9+. The Kier molecular flexibility index (Phi) is 5.02. The van der Waals surface area contributed by atoms with E-state index in [-0.39, 0.29) is 12.1 Å². The van der Waals surface area contributed by atoms with Crippen molar-refractivity contribution in [3.63, 3.8) is 0 Å². The molecular weight excluding hydrogens is 264 g/mol. The average molecular weight is 288 g/mol. The molecule has 1 N–H and O–H groups in total. The fraction of sp³-hybridized carbons (Fsp3) is 0.471. The summed E-state index contributed by atoms with van der Waals surface area (Å²) >= 11 is 0. The summed E-state index contributed by atoms with van der Waals surface area (Å²) in [5.41, 5.74) is 0.669. The Labute approximate surface area is 126 Å². The number of hydrogen-bond donors (Lipinski definition) is 1. The molecule has 1 aliphatic rings. The molecular formula is C17H24N2O2. The van der Waals surface area contributed by atoms with Crippen LogP contribution in [0.3, 0.4) is 0 Å². The topological polar surface area (TPSA) is 41.6 Å². The molecule has 1 unspecified atom stereocenters. The van der Waals surface area contributed by atoms with Crippen molar-refractivity contribution in [3.05, 3.63) is 42.0 Å². The lowest BCUT2D eigenvalue weighted by atomic mass is 10.1. The molecule has 0 bridgehead atoms.